The Hall–Kier alpha value is -2.96. The molecule has 0 saturated carbocycles. The first-order chi connectivity index (χ1) is 19.1. The molecule has 1 saturated heterocycles. The predicted molar refractivity (Wildman–Crippen MR) is 156 cm³/mol. The maximum Gasteiger partial charge on any atom is 0.228 e. The normalized spacial score (nSPS) is 30.0. The average molecular weight is 528 g/mol. The summed E-state index contributed by atoms with van der Waals surface area (Å²) in [5.74, 6) is 2.69. The molecule has 0 spiro atoms. The molecule has 1 aromatic rings. The highest BCUT2D eigenvalue weighted by atomic mass is 16.5. The second-order valence-electron chi connectivity index (χ2n) is 11.4. The second-order valence-corrected chi connectivity index (χ2v) is 11.4. The number of para-hydroxylation sites is 1. The summed E-state index contributed by atoms with van der Waals surface area (Å²) in [6.45, 7) is 5.08. The molecule has 0 bridgehead atoms. The lowest BCUT2D eigenvalue weighted by Gasteiger charge is -2.33. The summed E-state index contributed by atoms with van der Waals surface area (Å²) in [5.41, 5.74) is 4.75. The van der Waals surface area contributed by atoms with E-state index in [2.05, 4.69) is 49.5 Å². The van der Waals surface area contributed by atoms with E-state index < -0.39 is 6.35 Å². The highest BCUT2D eigenvalue weighted by Gasteiger charge is 2.47. The monoisotopic (exact) mass is 527 g/mol. The number of nitrogens with zero attached hydrogens (tertiary/aromatic N) is 2. The van der Waals surface area contributed by atoms with Gasteiger partial charge in [0.2, 0.25) is 6.35 Å². The predicted octanol–water partition coefficient (Wildman–Crippen LogP) is 6.59. The fraction of sp³-hybridized carbons (Fsp3) is 0.515. The van der Waals surface area contributed by atoms with Gasteiger partial charge in [-0.15, -0.1) is 0 Å². The van der Waals surface area contributed by atoms with Gasteiger partial charge in [0.05, 0.1) is 24.4 Å². The van der Waals surface area contributed by atoms with Crippen molar-refractivity contribution in [1.29, 1.82) is 0 Å². The van der Waals surface area contributed by atoms with Crippen LogP contribution in [-0.2, 0) is 9.47 Å². The summed E-state index contributed by atoms with van der Waals surface area (Å²) in [5, 5.41) is 14.0. The number of aliphatic imine (C=N–C) groups is 2. The summed E-state index contributed by atoms with van der Waals surface area (Å²) in [7, 11) is 0. The van der Waals surface area contributed by atoms with Crippen molar-refractivity contribution < 1.29 is 14.6 Å². The molecule has 6 rings (SSSR count). The van der Waals surface area contributed by atoms with Gasteiger partial charge in [0.25, 0.3) is 0 Å². The Morgan fingerprint density at radius 1 is 1.18 bits per heavy atom. The fourth-order valence-electron chi connectivity index (χ4n) is 6.74. The molecule has 0 amide bonds. The van der Waals surface area contributed by atoms with E-state index in [0.29, 0.717) is 41.6 Å². The third kappa shape index (κ3) is 5.42. The zero-order valence-corrected chi connectivity index (χ0v) is 23.2. The van der Waals surface area contributed by atoms with Crippen molar-refractivity contribution in [2.75, 3.05) is 6.61 Å². The van der Waals surface area contributed by atoms with E-state index >= 15 is 0 Å². The molecule has 1 fully saturated rings. The Labute approximate surface area is 232 Å². The minimum Gasteiger partial charge on any atom is -0.507 e. The van der Waals surface area contributed by atoms with E-state index in [1.807, 2.05) is 18.2 Å². The molecular formula is C33H41N3O3. The van der Waals surface area contributed by atoms with Crippen LogP contribution in [-0.4, -0.2) is 41.9 Å². The van der Waals surface area contributed by atoms with Crippen molar-refractivity contribution in [3.05, 3.63) is 76.9 Å². The number of rotatable bonds is 9. The first kappa shape index (κ1) is 26.3. The molecule has 2 N–H and O–H groups in total. The molecule has 5 aliphatic rings. The molecule has 6 atom stereocenters. The number of amidine groups is 2. The van der Waals surface area contributed by atoms with E-state index in [-0.39, 0.29) is 18.0 Å². The number of ether oxygens (including phenoxy) is 2. The number of hydrogen-bond donors (Lipinski definition) is 2. The number of phenolic OH excluding ortho intramolecular Hbond substituents is 1. The number of unbranched alkanes of at least 4 members (excludes halogenated alkanes) is 1. The largest absolute Gasteiger partial charge is 0.507 e. The van der Waals surface area contributed by atoms with Crippen LogP contribution in [0.1, 0.15) is 70.8 Å². The smallest absolute Gasteiger partial charge is 0.228 e. The summed E-state index contributed by atoms with van der Waals surface area (Å²) >= 11 is 0. The molecule has 6 nitrogen and oxygen atoms in total. The van der Waals surface area contributed by atoms with Crippen molar-refractivity contribution in [1.82, 2.24) is 5.32 Å². The average Bonchev–Trinajstić information content (AvgIpc) is 3.36. The summed E-state index contributed by atoms with van der Waals surface area (Å²) < 4.78 is 13.0. The number of hydrogen-bond acceptors (Lipinski definition) is 6. The molecular weight excluding hydrogens is 486 g/mol. The Kier molecular flexibility index (Phi) is 7.85. The first-order valence-electron chi connectivity index (χ1n) is 14.9. The quantitative estimate of drug-likeness (QED) is 0.380. The second kappa shape index (κ2) is 11.6. The van der Waals surface area contributed by atoms with Crippen LogP contribution in [0.5, 0.6) is 5.75 Å². The van der Waals surface area contributed by atoms with Crippen molar-refractivity contribution >= 4 is 11.7 Å². The SMILES string of the molecule is CCCCC(CC)COC1N=C(c2ccccc2O)N=C(C2=CC3OC4CCC5=C(CCC=C5)C4C3C=C2)N1. The third-order valence-electron chi connectivity index (χ3n) is 8.95. The van der Waals surface area contributed by atoms with Gasteiger partial charge in [-0.25, -0.2) is 9.98 Å². The van der Waals surface area contributed by atoms with Crippen molar-refractivity contribution in [2.45, 2.75) is 83.8 Å². The Morgan fingerprint density at radius 2 is 2.08 bits per heavy atom. The van der Waals surface area contributed by atoms with Crippen molar-refractivity contribution in [3.63, 3.8) is 0 Å². The van der Waals surface area contributed by atoms with Gasteiger partial charge in [0.15, 0.2) is 5.84 Å². The molecule has 6 unspecified atom stereocenters. The van der Waals surface area contributed by atoms with Gasteiger partial charge in [-0.1, -0.05) is 75.1 Å². The number of allylic oxidation sites excluding steroid dienone is 3. The zero-order valence-electron chi connectivity index (χ0n) is 23.2. The van der Waals surface area contributed by atoms with Gasteiger partial charge < -0.3 is 19.9 Å². The van der Waals surface area contributed by atoms with Crippen molar-refractivity contribution in [2.24, 2.45) is 27.7 Å². The maximum atomic E-state index is 10.6. The number of fused-ring (bicyclic) bond motifs is 4. The number of benzene rings is 1. The van der Waals surface area contributed by atoms with Crippen LogP contribution >= 0.6 is 0 Å². The zero-order chi connectivity index (χ0) is 26.8. The van der Waals surface area contributed by atoms with E-state index in [1.54, 1.807) is 17.2 Å². The molecule has 39 heavy (non-hydrogen) atoms. The van der Waals surface area contributed by atoms with Crippen LogP contribution in [0.15, 0.2) is 81.3 Å². The minimum atomic E-state index is -0.566. The maximum absolute atomic E-state index is 10.6. The van der Waals surface area contributed by atoms with Crippen LogP contribution in [0.3, 0.4) is 0 Å². The van der Waals surface area contributed by atoms with E-state index in [4.69, 9.17) is 19.5 Å². The highest BCUT2D eigenvalue weighted by molar-refractivity contribution is 6.14. The van der Waals surface area contributed by atoms with Crippen LogP contribution < -0.4 is 5.32 Å². The van der Waals surface area contributed by atoms with E-state index in [1.165, 1.54) is 12.8 Å². The Bertz CT molecular complexity index is 1260. The molecule has 0 aromatic heterocycles. The van der Waals surface area contributed by atoms with Crippen LogP contribution in [0.4, 0.5) is 0 Å². The Morgan fingerprint density at radius 3 is 2.92 bits per heavy atom. The minimum absolute atomic E-state index is 0.0348. The molecule has 0 radical (unpaired) electrons. The van der Waals surface area contributed by atoms with Gasteiger partial charge in [0, 0.05) is 17.4 Å². The lowest BCUT2D eigenvalue weighted by Crippen LogP contribution is -2.42. The van der Waals surface area contributed by atoms with Crippen LogP contribution in [0.2, 0.25) is 0 Å². The summed E-state index contributed by atoms with van der Waals surface area (Å²) in [6, 6.07) is 7.23. The lowest BCUT2D eigenvalue weighted by molar-refractivity contribution is 0.0218. The van der Waals surface area contributed by atoms with E-state index in [0.717, 1.165) is 44.1 Å². The van der Waals surface area contributed by atoms with Gasteiger partial charge in [0.1, 0.15) is 11.6 Å². The van der Waals surface area contributed by atoms with Gasteiger partial charge in [-0.05, 0) is 61.8 Å². The molecule has 206 valence electrons. The number of aromatic hydroxyl groups is 1. The Balaban J connectivity index is 1.24. The summed E-state index contributed by atoms with van der Waals surface area (Å²) in [4.78, 5) is 9.63. The lowest BCUT2D eigenvalue weighted by atomic mass is 9.70. The van der Waals surface area contributed by atoms with Crippen LogP contribution in [0.25, 0.3) is 0 Å². The highest BCUT2D eigenvalue weighted by Crippen LogP contribution is 2.49. The number of nitrogens with one attached hydrogen (secondary N) is 1. The molecule has 3 aliphatic carbocycles. The topological polar surface area (TPSA) is 75.4 Å². The van der Waals surface area contributed by atoms with Gasteiger partial charge in [-0.3, -0.25) is 0 Å². The van der Waals surface area contributed by atoms with Crippen molar-refractivity contribution in [3.8, 4) is 5.75 Å². The standard InChI is InChI=1S/C33H41N3O3/c1-3-5-10-21(4-2)20-38-33-35-31(34-32(36-33)25-13-8-9-14-27(25)37)23-15-17-26-29(19-23)39-28-18-16-22-11-6-7-12-24(22)30(26)28/h6,8-9,11,13-15,17,19,21,26,28-30,33,37H,3-5,7,10,12,16,18,20H2,1-2H3,(H,34,35,36). The first-order valence-corrected chi connectivity index (χ1v) is 14.9. The third-order valence-corrected chi connectivity index (χ3v) is 8.95. The molecule has 2 aliphatic heterocycles. The molecule has 2 heterocycles. The summed E-state index contributed by atoms with van der Waals surface area (Å²) in [6.07, 6.45) is 20.3. The fourth-order valence-corrected chi connectivity index (χ4v) is 6.74. The van der Waals surface area contributed by atoms with Gasteiger partial charge >= 0.3 is 0 Å². The molecule has 6 heteroatoms. The van der Waals surface area contributed by atoms with Crippen LogP contribution in [0, 0.1) is 17.8 Å². The van der Waals surface area contributed by atoms with Gasteiger partial charge in [-0.2, -0.15) is 0 Å². The van der Waals surface area contributed by atoms with E-state index in [9.17, 15) is 5.11 Å². The molecule has 1 aromatic carbocycles. The number of phenols is 1.